The van der Waals surface area contributed by atoms with Crippen molar-refractivity contribution in [2.45, 2.75) is 72.0 Å². The van der Waals surface area contributed by atoms with Crippen LogP contribution in [0.1, 0.15) is 57.6 Å². The van der Waals surface area contributed by atoms with E-state index in [0.29, 0.717) is 6.42 Å². The number of carbonyl (C=O) groups is 2. The monoisotopic (exact) mass is 519 g/mol. The maximum Gasteiger partial charge on any atom is 0.243 e. The van der Waals surface area contributed by atoms with Gasteiger partial charge >= 0.3 is 0 Å². The molecular weight excluding hydrogens is 481 g/mol. The van der Waals surface area contributed by atoms with Gasteiger partial charge in [0.15, 0.2) is 0 Å². The molecule has 0 radical (unpaired) electrons. The molecule has 0 bridgehead atoms. The summed E-state index contributed by atoms with van der Waals surface area (Å²) in [4.78, 5) is 28.0. The maximum absolute atomic E-state index is 14.3. The number of nitrogens with one attached hydrogen (secondary N) is 1. The van der Waals surface area contributed by atoms with Crippen molar-refractivity contribution in [1.29, 1.82) is 0 Å². The third-order valence-corrected chi connectivity index (χ3v) is 7.31. The Labute approximate surface area is 214 Å². The van der Waals surface area contributed by atoms with Crippen LogP contribution in [0.15, 0.2) is 48.5 Å². The van der Waals surface area contributed by atoms with Gasteiger partial charge in [-0.05, 0) is 50.8 Å². The van der Waals surface area contributed by atoms with Gasteiger partial charge in [-0.3, -0.25) is 13.9 Å². The van der Waals surface area contributed by atoms with Crippen LogP contribution in [0.3, 0.4) is 0 Å². The fourth-order valence-electron chi connectivity index (χ4n) is 3.89. The second-order valence-corrected chi connectivity index (χ2v) is 11.0. The molecule has 0 spiro atoms. The number of hydrogen-bond donors (Lipinski definition) is 1. The minimum Gasteiger partial charge on any atom is -0.352 e. The van der Waals surface area contributed by atoms with E-state index in [4.69, 9.17) is 0 Å². The Kier molecular flexibility index (Phi) is 10.9. The average Bonchev–Trinajstić information content (AvgIpc) is 2.82. The van der Waals surface area contributed by atoms with E-state index in [0.717, 1.165) is 28.1 Å². The highest BCUT2D eigenvalue weighted by molar-refractivity contribution is 7.92. The standard InChI is InChI=1S/C27H38FN3O4S/c1-6-21(4)29-27(33)24(7-2)30(19-22-16-14-20(3)15-17-22)26(32)13-10-18-31(36(5,34)35)25-12-9-8-11-23(25)28/h8-9,11-12,14-17,21,24H,6-7,10,13,18-19H2,1-5H3,(H,29,33). The summed E-state index contributed by atoms with van der Waals surface area (Å²) < 4.78 is 40.0. The molecule has 2 aromatic carbocycles. The number of nitrogens with zero attached hydrogens (tertiary/aromatic N) is 2. The molecule has 2 rings (SSSR count). The quantitative estimate of drug-likeness (QED) is 0.425. The smallest absolute Gasteiger partial charge is 0.243 e. The summed E-state index contributed by atoms with van der Waals surface area (Å²) in [6, 6.07) is 12.7. The molecule has 1 N–H and O–H groups in total. The zero-order valence-electron chi connectivity index (χ0n) is 21.8. The second kappa shape index (κ2) is 13.4. The van der Waals surface area contributed by atoms with E-state index in [1.165, 1.54) is 18.2 Å². The molecule has 0 aliphatic rings. The van der Waals surface area contributed by atoms with Gasteiger partial charge in [0.1, 0.15) is 11.9 Å². The van der Waals surface area contributed by atoms with Gasteiger partial charge in [-0.25, -0.2) is 12.8 Å². The van der Waals surface area contributed by atoms with Crippen LogP contribution in [0.25, 0.3) is 0 Å². The number of para-hydroxylation sites is 1. The Balaban J connectivity index is 2.23. The first kappa shape index (κ1) is 29.3. The van der Waals surface area contributed by atoms with Crippen molar-refractivity contribution < 1.29 is 22.4 Å². The number of aryl methyl sites for hydroxylation is 1. The number of halogens is 1. The highest BCUT2D eigenvalue weighted by Gasteiger charge is 2.29. The largest absolute Gasteiger partial charge is 0.352 e. The normalized spacial score (nSPS) is 13.1. The first-order chi connectivity index (χ1) is 17.0. The lowest BCUT2D eigenvalue weighted by molar-refractivity contribution is -0.141. The van der Waals surface area contributed by atoms with Crippen molar-refractivity contribution in [2.24, 2.45) is 0 Å². The third-order valence-electron chi connectivity index (χ3n) is 6.13. The molecule has 198 valence electrons. The molecule has 2 amide bonds. The van der Waals surface area contributed by atoms with Gasteiger partial charge in [-0.15, -0.1) is 0 Å². The first-order valence-corrected chi connectivity index (χ1v) is 14.2. The SMILES string of the molecule is CCC(C)NC(=O)C(CC)N(Cc1ccc(C)cc1)C(=O)CCCN(c1ccccc1F)S(C)(=O)=O. The molecule has 0 heterocycles. The summed E-state index contributed by atoms with van der Waals surface area (Å²) in [5.74, 6) is -1.12. The highest BCUT2D eigenvalue weighted by Crippen LogP contribution is 2.22. The Hall–Kier alpha value is -2.94. The molecule has 9 heteroatoms. The molecule has 2 unspecified atom stereocenters. The van der Waals surface area contributed by atoms with Crippen molar-refractivity contribution in [2.75, 3.05) is 17.1 Å². The Morgan fingerprint density at radius 3 is 2.22 bits per heavy atom. The zero-order valence-corrected chi connectivity index (χ0v) is 22.6. The second-order valence-electron chi connectivity index (χ2n) is 9.14. The summed E-state index contributed by atoms with van der Waals surface area (Å²) in [5.41, 5.74) is 1.93. The minimum atomic E-state index is -3.76. The van der Waals surface area contributed by atoms with Gasteiger partial charge in [-0.2, -0.15) is 0 Å². The molecular formula is C27H38FN3O4S. The lowest BCUT2D eigenvalue weighted by atomic mass is 10.1. The lowest BCUT2D eigenvalue weighted by Gasteiger charge is -2.32. The van der Waals surface area contributed by atoms with Gasteiger partial charge in [0.2, 0.25) is 21.8 Å². The summed E-state index contributed by atoms with van der Waals surface area (Å²) in [7, 11) is -3.76. The van der Waals surface area contributed by atoms with Crippen LogP contribution in [0, 0.1) is 12.7 Å². The summed E-state index contributed by atoms with van der Waals surface area (Å²) >= 11 is 0. The van der Waals surface area contributed by atoms with Crippen molar-refractivity contribution in [3.05, 3.63) is 65.5 Å². The van der Waals surface area contributed by atoms with Crippen molar-refractivity contribution in [3.63, 3.8) is 0 Å². The lowest BCUT2D eigenvalue weighted by Crippen LogP contribution is -2.50. The predicted octanol–water partition coefficient (Wildman–Crippen LogP) is 4.40. The molecule has 2 atom stereocenters. The highest BCUT2D eigenvalue weighted by atomic mass is 32.2. The molecule has 0 saturated heterocycles. The fraction of sp³-hybridized carbons (Fsp3) is 0.481. The topological polar surface area (TPSA) is 86.8 Å². The van der Waals surface area contributed by atoms with Crippen LogP contribution in [-0.2, 0) is 26.2 Å². The van der Waals surface area contributed by atoms with E-state index >= 15 is 0 Å². The van der Waals surface area contributed by atoms with E-state index in [-0.39, 0.29) is 49.5 Å². The molecule has 36 heavy (non-hydrogen) atoms. The van der Waals surface area contributed by atoms with E-state index in [1.807, 2.05) is 52.0 Å². The van der Waals surface area contributed by atoms with Crippen LogP contribution in [0.4, 0.5) is 10.1 Å². The van der Waals surface area contributed by atoms with Gasteiger partial charge in [0.25, 0.3) is 0 Å². The Morgan fingerprint density at radius 2 is 1.67 bits per heavy atom. The number of hydrogen-bond acceptors (Lipinski definition) is 4. The number of sulfonamides is 1. The summed E-state index contributed by atoms with van der Waals surface area (Å²) in [5, 5.41) is 2.97. The first-order valence-electron chi connectivity index (χ1n) is 12.4. The van der Waals surface area contributed by atoms with E-state index in [1.54, 1.807) is 11.0 Å². The molecule has 0 aromatic heterocycles. The molecule has 0 saturated carbocycles. The van der Waals surface area contributed by atoms with E-state index in [2.05, 4.69) is 5.32 Å². The minimum absolute atomic E-state index is 0.0133. The van der Waals surface area contributed by atoms with Crippen LogP contribution in [-0.4, -0.2) is 50.0 Å². The average molecular weight is 520 g/mol. The molecule has 2 aromatic rings. The number of benzene rings is 2. The Morgan fingerprint density at radius 1 is 1.03 bits per heavy atom. The molecule has 0 aliphatic heterocycles. The maximum atomic E-state index is 14.3. The number of amides is 2. The number of carbonyl (C=O) groups excluding carboxylic acids is 2. The van der Waals surface area contributed by atoms with Crippen molar-refractivity contribution in [3.8, 4) is 0 Å². The number of rotatable bonds is 13. The number of anilines is 1. The van der Waals surface area contributed by atoms with E-state index < -0.39 is 21.9 Å². The van der Waals surface area contributed by atoms with Crippen molar-refractivity contribution >= 4 is 27.5 Å². The van der Waals surface area contributed by atoms with Crippen LogP contribution >= 0.6 is 0 Å². The van der Waals surface area contributed by atoms with Gasteiger partial charge in [0, 0.05) is 25.6 Å². The Bertz CT molecular complexity index is 1120. The van der Waals surface area contributed by atoms with Crippen molar-refractivity contribution in [1.82, 2.24) is 10.2 Å². The van der Waals surface area contributed by atoms with Gasteiger partial charge in [0.05, 0.1) is 11.9 Å². The van der Waals surface area contributed by atoms with Gasteiger partial charge in [-0.1, -0.05) is 55.8 Å². The van der Waals surface area contributed by atoms with Crippen LogP contribution in [0.5, 0.6) is 0 Å². The molecule has 7 nitrogen and oxygen atoms in total. The summed E-state index contributed by atoms with van der Waals surface area (Å²) in [6.07, 6.45) is 2.40. The zero-order chi connectivity index (χ0) is 26.9. The predicted molar refractivity (Wildman–Crippen MR) is 142 cm³/mol. The third kappa shape index (κ3) is 8.33. The van der Waals surface area contributed by atoms with E-state index in [9.17, 15) is 22.4 Å². The molecule has 0 aliphatic carbocycles. The fourth-order valence-corrected chi connectivity index (χ4v) is 4.85. The van der Waals surface area contributed by atoms with Gasteiger partial charge < -0.3 is 10.2 Å². The molecule has 0 fully saturated rings. The van der Waals surface area contributed by atoms with Crippen LogP contribution in [0.2, 0.25) is 0 Å². The van der Waals surface area contributed by atoms with Crippen LogP contribution < -0.4 is 9.62 Å². The summed E-state index contributed by atoms with van der Waals surface area (Å²) in [6.45, 7) is 7.93.